The summed E-state index contributed by atoms with van der Waals surface area (Å²) in [7, 11) is 1.71. The largest absolute Gasteiger partial charge is 0.467 e. The Morgan fingerprint density at radius 1 is 1.08 bits per heavy atom. The van der Waals surface area contributed by atoms with E-state index in [1.807, 2.05) is 51.1 Å². The van der Waals surface area contributed by atoms with Crippen LogP contribution in [0.2, 0.25) is 0 Å². The van der Waals surface area contributed by atoms with Crippen molar-refractivity contribution in [1.82, 2.24) is 0 Å². The van der Waals surface area contributed by atoms with Crippen molar-refractivity contribution in [3.05, 3.63) is 65.7 Å². The van der Waals surface area contributed by atoms with Crippen LogP contribution in [0.3, 0.4) is 0 Å². The van der Waals surface area contributed by atoms with Gasteiger partial charge in [0.1, 0.15) is 12.2 Å². The third-order valence-corrected chi connectivity index (χ3v) is 9.85. The zero-order valence-electron chi connectivity index (χ0n) is 31.2. The number of ketones is 1. The number of aliphatic hydroxyl groups is 2. The molecule has 0 unspecified atom stereocenters. The van der Waals surface area contributed by atoms with Crippen LogP contribution in [0.1, 0.15) is 65.9 Å². The number of methoxy groups -OCH3 is 2. The number of benzene rings is 1. The van der Waals surface area contributed by atoms with Gasteiger partial charge >= 0.3 is 30.1 Å². The fraction of sp³-hybridized carbons (Fsp3) is 0.579. The maximum Gasteiger partial charge on any atom is 0.346 e. The van der Waals surface area contributed by atoms with Crippen molar-refractivity contribution in [2.75, 3.05) is 14.2 Å². The highest BCUT2D eigenvalue weighted by Gasteiger charge is 2.86. The van der Waals surface area contributed by atoms with Crippen LogP contribution in [0.4, 0.5) is 0 Å². The van der Waals surface area contributed by atoms with Crippen LogP contribution in [0.25, 0.3) is 5.53 Å². The van der Waals surface area contributed by atoms with Crippen molar-refractivity contribution in [1.29, 1.82) is 0 Å². The van der Waals surface area contributed by atoms with Crippen LogP contribution in [-0.2, 0) is 58.8 Å². The van der Waals surface area contributed by atoms with E-state index in [0.29, 0.717) is 24.1 Å². The minimum Gasteiger partial charge on any atom is -0.467 e. The molecule has 53 heavy (non-hydrogen) atoms. The van der Waals surface area contributed by atoms with Crippen LogP contribution in [-0.4, -0.2) is 107 Å². The van der Waals surface area contributed by atoms with Crippen molar-refractivity contribution in [2.45, 2.75) is 108 Å². The molecule has 1 aromatic rings. The summed E-state index contributed by atoms with van der Waals surface area (Å²) >= 11 is 0. The molecule has 0 aromatic heterocycles. The first-order valence-electron chi connectivity index (χ1n) is 17.4. The predicted octanol–water partition coefficient (Wildman–Crippen LogP) is 2.85. The molecule has 2 bridgehead atoms. The van der Waals surface area contributed by atoms with Crippen molar-refractivity contribution >= 4 is 35.9 Å². The monoisotopic (exact) mass is 742 g/mol. The summed E-state index contributed by atoms with van der Waals surface area (Å²) in [5, 5.41) is 24.2. The Morgan fingerprint density at radius 2 is 1.72 bits per heavy atom. The molecule has 2 saturated heterocycles. The van der Waals surface area contributed by atoms with E-state index in [-0.39, 0.29) is 18.3 Å². The van der Waals surface area contributed by atoms with E-state index in [9.17, 15) is 39.7 Å². The average Bonchev–Trinajstić information content (AvgIpc) is 3.34. The van der Waals surface area contributed by atoms with Gasteiger partial charge in [0.25, 0.3) is 11.4 Å². The summed E-state index contributed by atoms with van der Waals surface area (Å²) in [6, 6.07) is 9.41. The Morgan fingerprint density at radius 3 is 2.28 bits per heavy atom. The number of ether oxygens (including phenoxy) is 6. The molecule has 0 amide bonds. The van der Waals surface area contributed by atoms with E-state index in [4.69, 9.17) is 28.4 Å². The number of rotatable bonds is 18. The number of carbonyl (C=O) groups excluding carboxylic acids is 5. The Bertz CT molecular complexity index is 1610. The Kier molecular flexibility index (Phi) is 14.6. The van der Waals surface area contributed by atoms with E-state index in [1.54, 1.807) is 6.08 Å². The summed E-state index contributed by atoms with van der Waals surface area (Å²) in [6.45, 7) is 13.2. The molecule has 15 heteroatoms. The van der Waals surface area contributed by atoms with Gasteiger partial charge in [0.15, 0.2) is 12.2 Å². The average molecular weight is 743 g/mol. The highest BCUT2D eigenvalue weighted by Crippen LogP contribution is 2.56. The number of aliphatic hydroxyl groups excluding tert-OH is 1. The number of allylic oxidation sites excluding steroid dienone is 1. The summed E-state index contributed by atoms with van der Waals surface area (Å²) in [5.41, 5.74) is 3.82. The van der Waals surface area contributed by atoms with Crippen LogP contribution in [0.15, 0.2) is 54.6 Å². The van der Waals surface area contributed by atoms with E-state index in [0.717, 1.165) is 38.7 Å². The van der Waals surface area contributed by atoms with E-state index < -0.39 is 77.5 Å². The first kappa shape index (κ1) is 42.9. The maximum atomic E-state index is 13.9. The van der Waals surface area contributed by atoms with Gasteiger partial charge in [-0.25, -0.2) is 14.4 Å². The lowest BCUT2D eigenvalue weighted by Crippen LogP contribution is -2.78. The number of fused-ring (bicyclic) bond motifs is 2. The van der Waals surface area contributed by atoms with Crippen LogP contribution in [0, 0.1) is 17.8 Å². The van der Waals surface area contributed by atoms with Crippen molar-refractivity contribution in [2.24, 2.45) is 17.8 Å². The number of hydrogen-bond donors (Lipinski definition) is 2. The van der Waals surface area contributed by atoms with Crippen molar-refractivity contribution < 1.29 is 67.4 Å². The van der Waals surface area contributed by atoms with Crippen molar-refractivity contribution in [3.63, 3.8) is 0 Å². The van der Waals surface area contributed by atoms with Gasteiger partial charge in [-0.05, 0) is 42.2 Å². The fourth-order valence-corrected chi connectivity index (χ4v) is 7.02. The van der Waals surface area contributed by atoms with Crippen molar-refractivity contribution in [3.8, 4) is 0 Å². The fourth-order valence-electron chi connectivity index (χ4n) is 7.02. The summed E-state index contributed by atoms with van der Waals surface area (Å²) in [4.78, 5) is 69.0. The van der Waals surface area contributed by atoms with Crippen LogP contribution >= 0.6 is 0 Å². The Hall–Kier alpha value is -4.53. The van der Waals surface area contributed by atoms with Gasteiger partial charge in [0.2, 0.25) is 11.4 Å². The molecule has 2 aliphatic rings. The molecule has 0 spiro atoms. The minimum absolute atomic E-state index is 0.0852. The second kappa shape index (κ2) is 18.0. The Labute approximate surface area is 308 Å². The van der Waals surface area contributed by atoms with Gasteiger partial charge < -0.3 is 44.2 Å². The normalized spacial score (nSPS) is 28.4. The van der Waals surface area contributed by atoms with Gasteiger partial charge in [-0.2, -0.15) is 4.79 Å². The highest BCUT2D eigenvalue weighted by atomic mass is 16.8. The predicted molar refractivity (Wildman–Crippen MR) is 187 cm³/mol. The third-order valence-electron chi connectivity index (χ3n) is 9.85. The first-order valence-corrected chi connectivity index (χ1v) is 17.4. The quantitative estimate of drug-likeness (QED) is 0.0421. The number of hydrogen-bond acceptors (Lipinski definition) is 13. The lowest BCUT2D eigenvalue weighted by Gasteiger charge is -2.49. The number of esters is 4. The molecule has 10 atom stereocenters. The maximum absolute atomic E-state index is 13.9. The second-order valence-electron chi connectivity index (χ2n) is 13.8. The molecule has 2 fully saturated rings. The molecule has 290 valence electrons. The molecule has 1 aromatic carbocycles. The zero-order valence-corrected chi connectivity index (χ0v) is 31.2. The zero-order chi connectivity index (χ0) is 39.7. The summed E-state index contributed by atoms with van der Waals surface area (Å²) in [5.74, 6) is -8.80. The SMILES string of the molecule is C=C(CC[C@]12O[C@H](C(=O)C=[N+]=[N-])[C@@](O)(C(=O)OC)[C@](C(=O)OC)(O1)[C@H](OC(=O)/C=C/[C@@H](C)C[C@@H](C)CC)[C@H]2O)[C@@H](OC(C)=O)[C@H](C)Cc1ccccc1. The molecular weight excluding hydrogens is 692 g/mol. The molecule has 0 aliphatic carbocycles. The number of Topliss-reactive ketones (excluding diaryl/α,β-unsaturated/α-hetero) is 1. The second-order valence-corrected chi connectivity index (χ2v) is 13.8. The molecule has 15 nitrogen and oxygen atoms in total. The summed E-state index contributed by atoms with van der Waals surface area (Å²) < 4.78 is 33.1. The van der Waals surface area contributed by atoms with Crippen LogP contribution in [0.5, 0.6) is 0 Å². The molecule has 2 aliphatic heterocycles. The third kappa shape index (κ3) is 8.82. The molecule has 3 rings (SSSR count). The van der Waals surface area contributed by atoms with Gasteiger partial charge in [-0.3, -0.25) is 9.59 Å². The summed E-state index contributed by atoms with van der Waals surface area (Å²) in [6.07, 6.45) is -3.32. The Balaban J connectivity index is 2.13. The molecular formula is C38H50N2O13. The van der Waals surface area contributed by atoms with Gasteiger partial charge in [-0.15, -0.1) is 0 Å². The van der Waals surface area contributed by atoms with E-state index in [1.165, 1.54) is 6.92 Å². The molecule has 0 radical (unpaired) electrons. The van der Waals surface area contributed by atoms with E-state index in [2.05, 4.69) is 18.3 Å². The standard InChI is InChI=1S/C38H50N2O13/c1-9-22(2)19-23(3)15-16-29(43)51-33-31(44)36(18-17-24(4)30(50-26(6)41)25(5)20-27-13-11-10-12-14-27)52-32(28(42)21-40-39)37(47,34(45)48-7)38(33,53-36)35(46)49-8/h10-16,21-23,25,30-33,44,47H,4,9,17-20H2,1-3,5-8H3/b16-15+/t22-,23+,25+,30+,31+,32+,33+,36-,37+,38-/m0/s1. The molecule has 2 N–H and O–H groups in total. The van der Waals surface area contributed by atoms with Crippen LogP contribution < -0.4 is 0 Å². The van der Waals surface area contributed by atoms with Gasteiger partial charge in [-0.1, -0.05) is 77.1 Å². The topological polar surface area (TPSA) is 218 Å². The first-order chi connectivity index (χ1) is 25.0. The van der Waals surface area contributed by atoms with Gasteiger partial charge in [0, 0.05) is 25.3 Å². The van der Waals surface area contributed by atoms with E-state index >= 15 is 0 Å². The lowest BCUT2D eigenvalue weighted by atomic mass is 9.73. The molecule has 2 heterocycles. The van der Waals surface area contributed by atoms with Gasteiger partial charge in [0.05, 0.1) is 14.2 Å². The molecule has 0 saturated carbocycles. The number of nitrogens with zero attached hydrogens (tertiary/aromatic N) is 2. The number of carbonyl (C=O) groups is 5. The highest BCUT2D eigenvalue weighted by molar-refractivity contribution is 6.29. The smallest absolute Gasteiger partial charge is 0.346 e. The minimum atomic E-state index is -3.49. The lowest BCUT2D eigenvalue weighted by molar-refractivity contribution is -0.371.